The Labute approximate surface area is 126 Å². The van der Waals surface area contributed by atoms with Gasteiger partial charge in [-0.3, -0.25) is 4.79 Å². The monoisotopic (exact) mass is 292 g/mol. The molecule has 0 aromatic heterocycles. The van der Waals surface area contributed by atoms with Gasteiger partial charge >= 0.3 is 0 Å². The van der Waals surface area contributed by atoms with Crippen LogP contribution in [0.3, 0.4) is 0 Å². The maximum absolute atomic E-state index is 12.3. The van der Waals surface area contributed by atoms with Crippen LogP contribution in [-0.2, 0) is 4.79 Å². The number of ether oxygens (including phenoxy) is 2. The summed E-state index contributed by atoms with van der Waals surface area (Å²) in [4.78, 5) is 14.0. The number of carbonyl (C=O) groups excluding carboxylic acids is 1. The van der Waals surface area contributed by atoms with E-state index in [1.54, 1.807) is 12.0 Å². The second kappa shape index (κ2) is 7.31. The molecule has 5 nitrogen and oxygen atoms in total. The quantitative estimate of drug-likeness (QED) is 0.866. The highest BCUT2D eigenvalue weighted by atomic mass is 16.5. The molecular weight excluding hydrogens is 268 g/mol. The molecule has 1 aliphatic rings. The molecule has 0 saturated heterocycles. The van der Waals surface area contributed by atoms with Gasteiger partial charge in [-0.15, -0.1) is 0 Å². The van der Waals surface area contributed by atoms with E-state index in [2.05, 4.69) is 0 Å². The Bertz CT molecular complexity index is 461. The number of rotatable bonds is 6. The molecule has 21 heavy (non-hydrogen) atoms. The van der Waals surface area contributed by atoms with Crippen molar-refractivity contribution < 1.29 is 14.3 Å². The molecule has 0 spiro atoms. The Balaban J connectivity index is 1.75. The lowest BCUT2D eigenvalue weighted by Gasteiger charge is -2.23. The van der Waals surface area contributed by atoms with Gasteiger partial charge in [-0.1, -0.05) is 6.42 Å². The number of hydrogen-bond acceptors (Lipinski definition) is 4. The van der Waals surface area contributed by atoms with Gasteiger partial charge in [0.25, 0.3) is 0 Å². The highest BCUT2D eigenvalue weighted by Crippen LogP contribution is 2.25. The van der Waals surface area contributed by atoms with Crippen molar-refractivity contribution in [3.05, 3.63) is 24.3 Å². The number of hydrogen-bond donors (Lipinski definition) is 1. The van der Waals surface area contributed by atoms with E-state index in [9.17, 15) is 4.79 Å². The number of methoxy groups -OCH3 is 1. The molecule has 5 heteroatoms. The van der Waals surface area contributed by atoms with Crippen LogP contribution in [0.4, 0.5) is 0 Å². The van der Waals surface area contributed by atoms with Gasteiger partial charge < -0.3 is 20.1 Å². The first-order valence-corrected chi connectivity index (χ1v) is 7.39. The average molecular weight is 292 g/mol. The molecule has 0 bridgehead atoms. The van der Waals surface area contributed by atoms with Crippen LogP contribution in [0.1, 0.15) is 19.3 Å². The first kappa shape index (κ1) is 15.6. The van der Waals surface area contributed by atoms with Crippen molar-refractivity contribution in [2.24, 2.45) is 11.7 Å². The fourth-order valence-electron chi connectivity index (χ4n) is 2.66. The minimum Gasteiger partial charge on any atom is -0.497 e. The molecular formula is C16H24N2O3. The minimum absolute atomic E-state index is 0.0162. The van der Waals surface area contributed by atoms with Gasteiger partial charge in [0.05, 0.1) is 19.6 Å². The molecule has 2 rings (SSSR count). The number of nitrogens with two attached hydrogens (primary N) is 1. The SMILES string of the molecule is COc1ccc(OCCN(C)C(=O)[C@@H]2CCC[C@@H]2N)cc1. The van der Waals surface area contributed by atoms with E-state index in [4.69, 9.17) is 15.2 Å². The van der Waals surface area contributed by atoms with Crippen LogP contribution in [0, 0.1) is 5.92 Å². The van der Waals surface area contributed by atoms with Gasteiger partial charge in [-0.05, 0) is 37.1 Å². The molecule has 1 saturated carbocycles. The van der Waals surface area contributed by atoms with Crippen LogP contribution in [-0.4, -0.2) is 44.2 Å². The highest BCUT2D eigenvalue weighted by Gasteiger charge is 2.31. The largest absolute Gasteiger partial charge is 0.497 e. The van der Waals surface area contributed by atoms with Crippen LogP contribution in [0.25, 0.3) is 0 Å². The molecule has 1 aromatic rings. The third-order valence-corrected chi connectivity index (χ3v) is 4.02. The van der Waals surface area contributed by atoms with Gasteiger partial charge in [0.1, 0.15) is 18.1 Å². The van der Waals surface area contributed by atoms with Crippen molar-refractivity contribution in [3.8, 4) is 11.5 Å². The summed E-state index contributed by atoms with van der Waals surface area (Å²) >= 11 is 0. The van der Waals surface area contributed by atoms with E-state index in [1.807, 2.05) is 31.3 Å². The number of carbonyl (C=O) groups is 1. The van der Waals surface area contributed by atoms with Crippen molar-refractivity contribution in [2.45, 2.75) is 25.3 Å². The zero-order valence-electron chi connectivity index (χ0n) is 12.7. The van der Waals surface area contributed by atoms with Crippen LogP contribution in [0.15, 0.2) is 24.3 Å². The number of likely N-dealkylation sites (N-methyl/N-ethyl adjacent to an activating group) is 1. The van der Waals surface area contributed by atoms with Crippen LogP contribution in [0.5, 0.6) is 11.5 Å². The summed E-state index contributed by atoms with van der Waals surface area (Å²) in [6, 6.07) is 7.42. The molecule has 1 amide bonds. The second-order valence-corrected chi connectivity index (χ2v) is 5.49. The fraction of sp³-hybridized carbons (Fsp3) is 0.562. The van der Waals surface area contributed by atoms with Crippen molar-refractivity contribution >= 4 is 5.91 Å². The first-order valence-electron chi connectivity index (χ1n) is 7.39. The van der Waals surface area contributed by atoms with Gasteiger partial charge in [-0.25, -0.2) is 0 Å². The van der Waals surface area contributed by atoms with E-state index in [0.717, 1.165) is 30.8 Å². The first-order chi connectivity index (χ1) is 10.1. The smallest absolute Gasteiger partial charge is 0.227 e. The van der Waals surface area contributed by atoms with E-state index in [1.165, 1.54) is 0 Å². The minimum atomic E-state index is -0.0176. The summed E-state index contributed by atoms with van der Waals surface area (Å²) in [7, 11) is 3.44. The summed E-state index contributed by atoms with van der Waals surface area (Å²) in [5.41, 5.74) is 5.97. The van der Waals surface area contributed by atoms with Crippen molar-refractivity contribution in [1.29, 1.82) is 0 Å². The molecule has 1 fully saturated rings. The molecule has 0 aliphatic heterocycles. The Hall–Kier alpha value is -1.75. The summed E-state index contributed by atoms with van der Waals surface area (Å²) in [5, 5.41) is 0. The summed E-state index contributed by atoms with van der Waals surface area (Å²) < 4.78 is 10.7. The predicted molar refractivity (Wildman–Crippen MR) is 81.4 cm³/mol. The number of benzene rings is 1. The summed E-state index contributed by atoms with van der Waals surface area (Å²) in [6.07, 6.45) is 2.91. The van der Waals surface area contributed by atoms with Crippen LogP contribution >= 0.6 is 0 Å². The number of amides is 1. The van der Waals surface area contributed by atoms with Gasteiger partial charge in [0.2, 0.25) is 5.91 Å². The van der Waals surface area contributed by atoms with E-state index < -0.39 is 0 Å². The summed E-state index contributed by atoms with van der Waals surface area (Å²) in [5.74, 6) is 1.69. The van der Waals surface area contributed by atoms with Crippen molar-refractivity contribution in [3.63, 3.8) is 0 Å². The van der Waals surface area contributed by atoms with Gasteiger partial charge in [0, 0.05) is 13.1 Å². The third-order valence-electron chi connectivity index (χ3n) is 4.02. The van der Waals surface area contributed by atoms with E-state index >= 15 is 0 Å². The lowest BCUT2D eigenvalue weighted by Crippen LogP contribution is -2.41. The zero-order valence-corrected chi connectivity index (χ0v) is 12.7. The van der Waals surface area contributed by atoms with Crippen LogP contribution < -0.4 is 15.2 Å². The zero-order chi connectivity index (χ0) is 15.2. The molecule has 116 valence electrons. The molecule has 0 heterocycles. The molecule has 2 N–H and O–H groups in total. The fourth-order valence-corrected chi connectivity index (χ4v) is 2.66. The Morgan fingerprint density at radius 3 is 2.52 bits per heavy atom. The highest BCUT2D eigenvalue weighted by molar-refractivity contribution is 5.79. The summed E-state index contributed by atoms with van der Waals surface area (Å²) in [6.45, 7) is 1.03. The predicted octanol–water partition coefficient (Wildman–Crippen LogP) is 1.66. The topological polar surface area (TPSA) is 64.8 Å². The van der Waals surface area contributed by atoms with E-state index in [0.29, 0.717) is 13.2 Å². The Kier molecular flexibility index (Phi) is 5.44. The Morgan fingerprint density at radius 2 is 1.95 bits per heavy atom. The lowest BCUT2D eigenvalue weighted by atomic mass is 10.0. The van der Waals surface area contributed by atoms with Crippen LogP contribution in [0.2, 0.25) is 0 Å². The van der Waals surface area contributed by atoms with E-state index in [-0.39, 0.29) is 17.9 Å². The van der Waals surface area contributed by atoms with Gasteiger partial charge in [-0.2, -0.15) is 0 Å². The molecule has 0 radical (unpaired) electrons. The standard InChI is InChI=1S/C16H24N2O3/c1-18(16(19)14-4-3-5-15(14)17)10-11-21-13-8-6-12(20-2)7-9-13/h6-9,14-15H,3-5,10-11,17H2,1-2H3/t14-,15+/m1/s1. The van der Waals surface area contributed by atoms with Gasteiger partial charge in [0.15, 0.2) is 0 Å². The maximum atomic E-state index is 12.3. The Morgan fingerprint density at radius 1 is 1.29 bits per heavy atom. The maximum Gasteiger partial charge on any atom is 0.227 e. The molecule has 2 atom stereocenters. The average Bonchev–Trinajstić information content (AvgIpc) is 2.93. The van der Waals surface area contributed by atoms with Crippen molar-refractivity contribution in [2.75, 3.05) is 27.3 Å². The normalized spacial score (nSPS) is 21.1. The molecule has 1 aromatic carbocycles. The molecule has 1 aliphatic carbocycles. The third kappa shape index (κ3) is 4.11. The number of nitrogens with zero attached hydrogens (tertiary/aromatic N) is 1. The lowest BCUT2D eigenvalue weighted by molar-refractivity contribution is -0.134. The van der Waals surface area contributed by atoms with Crippen molar-refractivity contribution in [1.82, 2.24) is 4.90 Å². The second-order valence-electron chi connectivity index (χ2n) is 5.49. The molecule has 0 unspecified atom stereocenters.